The number of halogens is 1. The molecule has 0 spiro atoms. The van der Waals surface area contributed by atoms with Gasteiger partial charge in [-0.3, -0.25) is 14.9 Å². The Balaban J connectivity index is 1.64. The van der Waals surface area contributed by atoms with Crippen LogP contribution in [0.25, 0.3) is 0 Å². The minimum atomic E-state index is -0.325. The summed E-state index contributed by atoms with van der Waals surface area (Å²) in [5.74, 6) is 0.490. The predicted molar refractivity (Wildman–Crippen MR) is 141 cm³/mol. The third-order valence-electron chi connectivity index (χ3n) is 5.57. The molecule has 7 nitrogen and oxygen atoms in total. The van der Waals surface area contributed by atoms with Crippen LogP contribution in [0.5, 0.6) is 5.75 Å². The summed E-state index contributed by atoms with van der Waals surface area (Å²) < 4.78 is 5.69. The summed E-state index contributed by atoms with van der Waals surface area (Å²) in [5, 5.41) is 6.57. The van der Waals surface area contributed by atoms with E-state index in [1.807, 2.05) is 30.0 Å². The van der Waals surface area contributed by atoms with E-state index in [9.17, 15) is 9.59 Å². The molecule has 1 saturated heterocycles. The molecular formula is C25H31ClN4O3S. The number of hydrogen-bond acceptors (Lipinski definition) is 5. The Morgan fingerprint density at radius 1 is 1.09 bits per heavy atom. The smallest absolute Gasteiger partial charge is 0.257 e. The quantitative estimate of drug-likeness (QED) is 0.402. The molecule has 1 heterocycles. The molecular weight excluding hydrogens is 472 g/mol. The Morgan fingerprint density at radius 3 is 2.56 bits per heavy atom. The van der Waals surface area contributed by atoms with Gasteiger partial charge in [-0.1, -0.05) is 37.9 Å². The maximum absolute atomic E-state index is 12.7. The standard InChI is InChI=1S/C25H31ClN4O3S/c1-3-5-15-33-20-8-6-7-18(16-20)24(32)28-25(34)27-21-17-19(26)9-10-22(21)29-11-13-30(14-12-29)23(31)4-2/h6-10,16-17H,3-5,11-15H2,1-2H3,(H2,27,28,32,34). The van der Waals surface area contributed by atoms with Crippen LogP contribution in [0.15, 0.2) is 42.5 Å². The molecule has 182 valence electrons. The van der Waals surface area contributed by atoms with Gasteiger partial charge in [0.1, 0.15) is 5.75 Å². The van der Waals surface area contributed by atoms with Gasteiger partial charge in [0.15, 0.2) is 5.11 Å². The fraction of sp³-hybridized carbons (Fsp3) is 0.400. The average molecular weight is 503 g/mol. The molecule has 3 rings (SSSR count). The molecule has 9 heteroatoms. The molecule has 34 heavy (non-hydrogen) atoms. The zero-order valence-electron chi connectivity index (χ0n) is 19.6. The lowest BCUT2D eigenvalue weighted by atomic mass is 10.2. The molecule has 2 aromatic rings. The molecule has 2 aromatic carbocycles. The van der Waals surface area contributed by atoms with Crippen LogP contribution in [-0.4, -0.2) is 54.6 Å². The van der Waals surface area contributed by atoms with E-state index in [1.165, 1.54) is 0 Å². The van der Waals surface area contributed by atoms with E-state index in [4.69, 9.17) is 28.6 Å². The predicted octanol–water partition coefficient (Wildman–Crippen LogP) is 4.70. The van der Waals surface area contributed by atoms with E-state index in [2.05, 4.69) is 22.5 Å². The Hall–Kier alpha value is -2.84. The van der Waals surface area contributed by atoms with E-state index in [1.54, 1.807) is 24.3 Å². The van der Waals surface area contributed by atoms with Gasteiger partial charge in [-0.15, -0.1) is 0 Å². The van der Waals surface area contributed by atoms with E-state index >= 15 is 0 Å². The van der Waals surface area contributed by atoms with Gasteiger partial charge < -0.3 is 19.9 Å². The number of piperazine rings is 1. The number of rotatable bonds is 8. The van der Waals surface area contributed by atoms with Crippen LogP contribution in [0.4, 0.5) is 11.4 Å². The second kappa shape index (κ2) is 12.6. The minimum Gasteiger partial charge on any atom is -0.494 e. The number of amides is 2. The monoisotopic (exact) mass is 502 g/mol. The normalized spacial score (nSPS) is 13.4. The molecule has 0 unspecified atom stereocenters. The molecule has 0 bridgehead atoms. The first-order valence-corrected chi connectivity index (χ1v) is 12.4. The van der Waals surface area contributed by atoms with Crippen LogP contribution in [0.1, 0.15) is 43.5 Å². The van der Waals surface area contributed by atoms with Crippen LogP contribution in [0, 0.1) is 0 Å². The van der Waals surface area contributed by atoms with Crippen molar-refractivity contribution in [1.82, 2.24) is 10.2 Å². The van der Waals surface area contributed by atoms with Crippen molar-refractivity contribution in [3.8, 4) is 5.75 Å². The van der Waals surface area contributed by atoms with Gasteiger partial charge in [0.05, 0.1) is 18.0 Å². The van der Waals surface area contributed by atoms with Gasteiger partial charge in [0.2, 0.25) is 5.91 Å². The van der Waals surface area contributed by atoms with E-state index in [0.29, 0.717) is 61.2 Å². The van der Waals surface area contributed by atoms with Crippen LogP contribution in [-0.2, 0) is 4.79 Å². The fourth-order valence-corrected chi connectivity index (χ4v) is 4.07. The first-order chi connectivity index (χ1) is 16.4. The highest BCUT2D eigenvalue weighted by Crippen LogP contribution is 2.30. The van der Waals surface area contributed by atoms with E-state index in [-0.39, 0.29) is 16.9 Å². The molecule has 2 N–H and O–H groups in total. The highest BCUT2D eigenvalue weighted by molar-refractivity contribution is 7.80. The summed E-state index contributed by atoms with van der Waals surface area (Å²) in [6, 6.07) is 12.5. The minimum absolute atomic E-state index is 0.165. The molecule has 0 radical (unpaired) electrons. The van der Waals surface area contributed by atoms with Crippen molar-refractivity contribution in [3.63, 3.8) is 0 Å². The highest BCUT2D eigenvalue weighted by Gasteiger charge is 2.22. The Bertz CT molecular complexity index is 1020. The van der Waals surface area contributed by atoms with Gasteiger partial charge in [0, 0.05) is 43.2 Å². The SMILES string of the molecule is CCCCOc1cccc(C(=O)NC(=S)Nc2cc(Cl)ccc2N2CCN(C(=O)CC)CC2)c1. The molecule has 0 atom stereocenters. The molecule has 0 aromatic heterocycles. The lowest BCUT2D eigenvalue weighted by molar-refractivity contribution is -0.131. The van der Waals surface area contributed by atoms with Crippen molar-refractivity contribution in [3.05, 3.63) is 53.1 Å². The largest absolute Gasteiger partial charge is 0.494 e. The van der Waals surface area contributed by atoms with Crippen LogP contribution in [0.2, 0.25) is 5.02 Å². The van der Waals surface area contributed by atoms with Crippen molar-refractivity contribution in [1.29, 1.82) is 0 Å². The van der Waals surface area contributed by atoms with Gasteiger partial charge in [-0.25, -0.2) is 0 Å². The summed E-state index contributed by atoms with van der Waals surface area (Å²) >= 11 is 11.7. The van der Waals surface area contributed by atoms with Crippen molar-refractivity contribution in [2.45, 2.75) is 33.1 Å². The summed E-state index contributed by atoms with van der Waals surface area (Å²) in [6.45, 7) is 7.30. The number of ether oxygens (including phenoxy) is 1. The number of nitrogens with one attached hydrogen (secondary N) is 2. The van der Waals surface area contributed by atoms with Crippen LogP contribution in [0.3, 0.4) is 0 Å². The topological polar surface area (TPSA) is 73.9 Å². The maximum Gasteiger partial charge on any atom is 0.257 e. The van der Waals surface area contributed by atoms with Crippen LogP contribution < -0.4 is 20.3 Å². The number of carbonyl (C=O) groups excluding carboxylic acids is 2. The lowest BCUT2D eigenvalue weighted by Crippen LogP contribution is -2.48. The number of anilines is 2. The zero-order valence-corrected chi connectivity index (χ0v) is 21.2. The summed E-state index contributed by atoms with van der Waals surface area (Å²) in [6.07, 6.45) is 2.50. The molecule has 2 amide bonds. The number of thiocarbonyl (C=S) groups is 1. The maximum atomic E-state index is 12.7. The number of nitrogens with zero attached hydrogens (tertiary/aromatic N) is 2. The summed E-state index contributed by atoms with van der Waals surface area (Å²) in [4.78, 5) is 28.8. The summed E-state index contributed by atoms with van der Waals surface area (Å²) in [7, 11) is 0. The zero-order chi connectivity index (χ0) is 24.5. The van der Waals surface area contributed by atoms with Gasteiger partial charge >= 0.3 is 0 Å². The third kappa shape index (κ3) is 7.08. The number of unbranched alkanes of at least 4 members (excludes halogenated alkanes) is 1. The molecule has 0 aliphatic carbocycles. The first kappa shape index (κ1) is 25.8. The van der Waals surface area contributed by atoms with E-state index in [0.717, 1.165) is 18.5 Å². The van der Waals surface area contributed by atoms with E-state index < -0.39 is 0 Å². The van der Waals surface area contributed by atoms with Gasteiger partial charge in [0.25, 0.3) is 5.91 Å². The van der Waals surface area contributed by atoms with Crippen LogP contribution >= 0.6 is 23.8 Å². The van der Waals surface area contributed by atoms with Crippen molar-refractivity contribution >= 4 is 52.1 Å². The molecule has 1 aliphatic rings. The van der Waals surface area contributed by atoms with Crippen molar-refractivity contribution < 1.29 is 14.3 Å². The van der Waals surface area contributed by atoms with Crippen molar-refractivity contribution in [2.24, 2.45) is 0 Å². The molecule has 0 saturated carbocycles. The fourth-order valence-electron chi connectivity index (χ4n) is 3.69. The second-order valence-corrected chi connectivity index (χ2v) is 8.87. The Labute approximate surface area is 211 Å². The first-order valence-electron chi connectivity index (χ1n) is 11.6. The van der Waals surface area contributed by atoms with Gasteiger partial charge in [-0.05, 0) is 55.0 Å². The number of carbonyl (C=O) groups is 2. The third-order valence-corrected chi connectivity index (χ3v) is 6.01. The van der Waals surface area contributed by atoms with Gasteiger partial charge in [-0.2, -0.15) is 0 Å². The Morgan fingerprint density at radius 2 is 1.85 bits per heavy atom. The number of benzene rings is 2. The van der Waals surface area contributed by atoms with Crippen molar-refractivity contribution in [2.75, 3.05) is 43.0 Å². The molecule has 1 aliphatic heterocycles. The molecule has 1 fully saturated rings. The summed E-state index contributed by atoms with van der Waals surface area (Å²) in [5.41, 5.74) is 2.07. The lowest BCUT2D eigenvalue weighted by Gasteiger charge is -2.37. The number of hydrogen-bond donors (Lipinski definition) is 2. The average Bonchev–Trinajstić information content (AvgIpc) is 2.84. The second-order valence-electron chi connectivity index (χ2n) is 8.02. The Kier molecular flexibility index (Phi) is 9.53. The highest BCUT2D eigenvalue weighted by atomic mass is 35.5.